The predicted octanol–water partition coefficient (Wildman–Crippen LogP) is 1.58. The van der Waals surface area contributed by atoms with Gasteiger partial charge in [-0.25, -0.2) is 0 Å². The lowest BCUT2D eigenvalue weighted by atomic mass is 10.3. The summed E-state index contributed by atoms with van der Waals surface area (Å²) in [4.78, 5) is 2.34. The van der Waals surface area contributed by atoms with Crippen molar-refractivity contribution in [1.82, 2.24) is 4.90 Å². The summed E-state index contributed by atoms with van der Waals surface area (Å²) in [6.45, 7) is 5.23. The van der Waals surface area contributed by atoms with Gasteiger partial charge in [0.25, 0.3) is 0 Å². The van der Waals surface area contributed by atoms with Crippen LogP contribution in [-0.4, -0.2) is 44.4 Å². The van der Waals surface area contributed by atoms with E-state index in [9.17, 15) is 0 Å². The summed E-state index contributed by atoms with van der Waals surface area (Å²) in [7, 11) is 0. The molecule has 1 heterocycles. The highest BCUT2D eigenvalue weighted by molar-refractivity contribution is 14.1. The van der Waals surface area contributed by atoms with Crippen molar-refractivity contribution in [2.24, 2.45) is 0 Å². The first-order valence-corrected chi connectivity index (χ1v) is 6.82. The molecule has 0 spiro atoms. The van der Waals surface area contributed by atoms with Crippen LogP contribution in [0.4, 0.5) is 5.69 Å². The van der Waals surface area contributed by atoms with Crippen molar-refractivity contribution in [3.05, 3.63) is 21.8 Å². The molecule has 17 heavy (non-hydrogen) atoms. The van der Waals surface area contributed by atoms with E-state index in [-0.39, 0.29) is 0 Å². The van der Waals surface area contributed by atoms with Crippen molar-refractivity contribution in [1.29, 1.82) is 0 Å². The molecule has 0 atom stereocenters. The highest BCUT2D eigenvalue weighted by atomic mass is 127. The third-order valence-electron chi connectivity index (χ3n) is 2.78. The normalized spacial score (nSPS) is 17.0. The Bertz CT molecular complexity index is 368. The minimum atomic E-state index is 0.671. The van der Waals surface area contributed by atoms with Crippen LogP contribution < -0.4 is 10.5 Å². The standard InChI is InChI=1S/C12H17IN2O2/c13-10-2-1-3-11(12(10)14)17-9-6-15-4-7-16-8-5-15/h1-3H,4-9,14H2. The Morgan fingerprint density at radius 1 is 1.35 bits per heavy atom. The quantitative estimate of drug-likeness (QED) is 0.663. The lowest BCUT2D eigenvalue weighted by Gasteiger charge is -2.26. The largest absolute Gasteiger partial charge is 0.490 e. The molecule has 0 aromatic heterocycles. The minimum Gasteiger partial charge on any atom is -0.490 e. The fourth-order valence-corrected chi connectivity index (χ4v) is 2.23. The molecule has 1 aliphatic rings. The second kappa shape index (κ2) is 6.42. The molecule has 94 valence electrons. The predicted molar refractivity (Wildman–Crippen MR) is 76.3 cm³/mol. The molecule has 1 fully saturated rings. The van der Waals surface area contributed by atoms with Gasteiger partial charge in [0.2, 0.25) is 0 Å². The molecule has 0 aliphatic carbocycles. The molecule has 4 nitrogen and oxygen atoms in total. The monoisotopic (exact) mass is 348 g/mol. The van der Waals surface area contributed by atoms with E-state index in [0.29, 0.717) is 6.61 Å². The number of benzene rings is 1. The second-order valence-corrected chi connectivity index (χ2v) is 5.12. The zero-order valence-corrected chi connectivity index (χ0v) is 11.9. The van der Waals surface area contributed by atoms with Gasteiger partial charge in [-0.15, -0.1) is 0 Å². The van der Waals surface area contributed by atoms with Crippen LogP contribution >= 0.6 is 22.6 Å². The summed E-state index contributed by atoms with van der Waals surface area (Å²) in [5.41, 5.74) is 6.67. The molecule has 5 heteroatoms. The van der Waals surface area contributed by atoms with Crippen LogP contribution in [0.2, 0.25) is 0 Å². The molecule has 1 aromatic rings. The molecule has 1 aliphatic heterocycles. The van der Waals surface area contributed by atoms with Crippen molar-refractivity contribution in [2.75, 3.05) is 45.2 Å². The Morgan fingerprint density at radius 3 is 2.88 bits per heavy atom. The average Bonchev–Trinajstić information content (AvgIpc) is 2.36. The summed E-state index contributed by atoms with van der Waals surface area (Å²) in [5.74, 6) is 0.783. The van der Waals surface area contributed by atoms with Crippen LogP contribution in [0.15, 0.2) is 18.2 Å². The minimum absolute atomic E-state index is 0.671. The van der Waals surface area contributed by atoms with Crippen molar-refractivity contribution in [3.63, 3.8) is 0 Å². The summed E-state index contributed by atoms with van der Waals surface area (Å²) in [6, 6.07) is 5.85. The number of hydrogen-bond acceptors (Lipinski definition) is 4. The summed E-state index contributed by atoms with van der Waals surface area (Å²) in [6.07, 6.45) is 0. The van der Waals surface area contributed by atoms with Gasteiger partial charge < -0.3 is 15.2 Å². The van der Waals surface area contributed by atoms with Crippen molar-refractivity contribution < 1.29 is 9.47 Å². The maximum absolute atomic E-state index is 5.94. The third-order valence-corrected chi connectivity index (χ3v) is 3.72. The lowest BCUT2D eigenvalue weighted by molar-refractivity contribution is 0.0323. The van der Waals surface area contributed by atoms with E-state index in [0.717, 1.165) is 47.9 Å². The third kappa shape index (κ3) is 3.72. The van der Waals surface area contributed by atoms with Gasteiger partial charge in [0.05, 0.1) is 18.9 Å². The zero-order chi connectivity index (χ0) is 12.1. The van der Waals surface area contributed by atoms with Gasteiger partial charge in [-0.05, 0) is 34.7 Å². The van der Waals surface area contributed by atoms with Gasteiger partial charge in [-0.1, -0.05) is 6.07 Å². The molecule has 2 rings (SSSR count). The molecule has 0 unspecified atom stereocenters. The van der Waals surface area contributed by atoms with Crippen LogP contribution in [0.3, 0.4) is 0 Å². The van der Waals surface area contributed by atoms with Crippen molar-refractivity contribution in [2.45, 2.75) is 0 Å². The van der Waals surface area contributed by atoms with Gasteiger partial charge >= 0.3 is 0 Å². The van der Waals surface area contributed by atoms with Crippen LogP contribution in [0.1, 0.15) is 0 Å². The SMILES string of the molecule is Nc1c(I)cccc1OCCN1CCOCC1. The van der Waals surface area contributed by atoms with Crippen LogP contribution in [-0.2, 0) is 4.74 Å². The number of anilines is 1. The Hall–Kier alpha value is -0.530. The maximum Gasteiger partial charge on any atom is 0.143 e. The van der Waals surface area contributed by atoms with Gasteiger partial charge in [0.1, 0.15) is 12.4 Å². The van der Waals surface area contributed by atoms with Crippen molar-refractivity contribution in [3.8, 4) is 5.75 Å². The number of hydrogen-bond donors (Lipinski definition) is 1. The molecule has 0 amide bonds. The van der Waals surface area contributed by atoms with E-state index in [4.69, 9.17) is 15.2 Å². The number of morpholine rings is 1. The first kappa shape index (κ1) is 12.9. The number of nitrogens with zero attached hydrogens (tertiary/aromatic N) is 1. The topological polar surface area (TPSA) is 47.7 Å². The number of nitrogen functional groups attached to an aromatic ring is 1. The summed E-state index contributed by atoms with van der Waals surface area (Å²) < 4.78 is 12.0. The molecule has 0 radical (unpaired) electrons. The number of para-hydroxylation sites is 1. The van der Waals surface area contributed by atoms with Gasteiger partial charge in [-0.3, -0.25) is 4.90 Å². The Morgan fingerprint density at radius 2 is 2.12 bits per heavy atom. The molecule has 0 bridgehead atoms. The molecule has 1 aromatic carbocycles. The van der Waals surface area contributed by atoms with Crippen molar-refractivity contribution >= 4 is 28.3 Å². The Kier molecular flexibility index (Phi) is 4.87. The molecular formula is C12H17IN2O2. The van der Waals surface area contributed by atoms with E-state index < -0.39 is 0 Å². The smallest absolute Gasteiger partial charge is 0.143 e. The van der Waals surface area contributed by atoms with Gasteiger partial charge in [0, 0.05) is 23.2 Å². The molecule has 2 N–H and O–H groups in total. The van der Waals surface area contributed by atoms with Crippen LogP contribution in [0, 0.1) is 3.57 Å². The van der Waals surface area contributed by atoms with Crippen LogP contribution in [0.25, 0.3) is 0 Å². The zero-order valence-electron chi connectivity index (χ0n) is 9.69. The van der Waals surface area contributed by atoms with Gasteiger partial charge in [0.15, 0.2) is 0 Å². The van der Waals surface area contributed by atoms with E-state index in [1.54, 1.807) is 0 Å². The first-order valence-electron chi connectivity index (χ1n) is 5.74. The summed E-state index contributed by atoms with van der Waals surface area (Å²) in [5, 5.41) is 0. The fourth-order valence-electron chi connectivity index (χ4n) is 1.75. The maximum atomic E-state index is 5.94. The number of rotatable bonds is 4. The number of ether oxygens (including phenoxy) is 2. The summed E-state index contributed by atoms with van der Waals surface area (Å²) >= 11 is 2.21. The first-order chi connectivity index (χ1) is 8.27. The highest BCUT2D eigenvalue weighted by Crippen LogP contribution is 2.26. The van der Waals surface area contributed by atoms with E-state index in [2.05, 4.69) is 27.5 Å². The Labute approximate surface area is 115 Å². The van der Waals surface area contributed by atoms with Crippen LogP contribution in [0.5, 0.6) is 5.75 Å². The van der Waals surface area contributed by atoms with E-state index >= 15 is 0 Å². The van der Waals surface area contributed by atoms with E-state index in [1.807, 2.05) is 18.2 Å². The van der Waals surface area contributed by atoms with E-state index in [1.165, 1.54) is 0 Å². The number of nitrogens with two attached hydrogens (primary N) is 1. The Balaban J connectivity index is 1.79. The molecule has 0 saturated carbocycles. The highest BCUT2D eigenvalue weighted by Gasteiger charge is 2.10. The second-order valence-electron chi connectivity index (χ2n) is 3.95. The fraction of sp³-hybridized carbons (Fsp3) is 0.500. The molecular weight excluding hydrogens is 331 g/mol. The molecule has 1 saturated heterocycles. The van der Waals surface area contributed by atoms with Gasteiger partial charge in [-0.2, -0.15) is 0 Å². The lowest BCUT2D eigenvalue weighted by Crippen LogP contribution is -2.38. The number of halogens is 1. The average molecular weight is 348 g/mol.